The molecule has 3 N–H and O–H groups in total. The first-order chi connectivity index (χ1) is 31.8. The molecule has 2 aromatic heterocycles. The molecule has 3 aliphatic heterocycles. The Kier molecular flexibility index (Phi) is 14.5. The molecule has 0 radical (unpaired) electrons. The van der Waals surface area contributed by atoms with E-state index < -0.39 is 31.2 Å². The Morgan fingerprint density at radius 1 is 1.02 bits per heavy atom. The fourth-order valence-corrected chi connectivity index (χ4v) is 9.60. The third-order valence-corrected chi connectivity index (χ3v) is 13.5. The van der Waals surface area contributed by atoms with E-state index in [0.717, 1.165) is 42.2 Å². The lowest BCUT2D eigenvalue weighted by Gasteiger charge is -2.45. The van der Waals surface area contributed by atoms with Crippen molar-refractivity contribution in [2.24, 2.45) is 0 Å². The molecule has 352 valence electrons. The first-order valence-corrected chi connectivity index (χ1v) is 23.1. The normalized spacial score (nSPS) is 20.4. The van der Waals surface area contributed by atoms with E-state index in [2.05, 4.69) is 30.7 Å². The van der Waals surface area contributed by atoms with Crippen LogP contribution >= 0.6 is 11.6 Å². The Balaban J connectivity index is 0.821. The van der Waals surface area contributed by atoms with E-state index in [1.807, 2.05) is 38.1 Å². The lowest BCUT2D eigenvalue weighted by atomic mass is 9.86. The molecule has 2 aromatic carbocycles. The van der Waals surface area contributed by atoms with Gasteiger partial charge in [-0.3, -0.25) is 38.6 Å². The highest BCUT2D eigenvalue weighted by molar-refractivity contribution is 6.33. The third kappa shape index (κ3) is 10.1. The largest absolute Gasteiger partial charge is 0.478 e. The molecular weight excluding hydrogens is 876 g/mol. The average Bonchev–Trinajstić information content (AvgIpc) is 3.62. The van der Waals surface area contributed by atoms with Crippen molar-refractivity contribution in [3.63, 3.8) is 0 Å². The molecule has 2 saturated heterocycles. The number of pyridine rings is 1. The van der Waals surface area contributed by atoms with Crippen molar-refractivity contribution in [2.75, 3.05) is 63.4 Å². The van der Waals surface area contributed by atoms with Crippen molar-refractivity contribution in [3.05, 3.63) is 80.7 Å². The quantitative estimate of drug-likeness (QED) is 0.106. The van der Waals surface area contributed by atoms with E-state index in [4.69, 9.17) is 26.1 Å². The maximum absolute atomic E-state index is 14.6. The molecule has 5 heterocycles. The number of imide groups is 1. The van der Waals surface area contributed by atoms with E-state index in [1.54, 1.807) is 29.0 Å². The topological polar surface area (TPSA) is 180 Å². The highest BCUT2D eigenvalue weighted by Gasteiger charge is 2.40. The van der Waals surface area contributed by atoms with Crippen LogP contribution in [-0.2, 0) is 25.7 Å². The molecule has 2 unspecified atom stereocenters. The number of alkyl halides is 2. The standard InChI is InChI=1S/C47H56ClF2N9O7/c1-27(2)59-38-7-5-32(19-30(38)20-40(46(59)64)65-26-42(61)51-3)53-43-37(48)24-52-47(55-43)57-15-11-34(12-16-57)66-35-21-33(22-35)56(17-13-49)14-10-29(23-50)28-4-6-36-31(18-28)25-58(45(36)63)39-8-9-41(60)54-44(39)62/h4-7,18-20,24,27,29,33-35,39H,8-17,21-23,25-26H2,1-3H3,(H,51,61)(H,52,53,55)(H,54,60,62)/t29?,33-,35-,39?. The van der Waals surface area contributed by atoms with Gasteiger partial charge in [-0.25, -0.2) is 9.37 Å². The number of rotatable bonds is 18. The Hall–Kier alpha value is -5.72. The molecule has 16 nitrogen and oxygen atoms in total. The Bertz CT molecular complexity index is 2530. The molecule has 19 heteroatoms. The Morgan fingerprint density at radius 3 is 2.52 bits per heavy atom. The van der Waals surface area contributed by atoms with Crippen molar-refractivity contribution >= 4 is 63.6 Å². The number of anilines is 3. The van der Waals surface area contributed by atoms with Crippen LogP contribution in [0.25, 0.3) is 10.9 Å². The maximum atomic E-state index is 14.6. The summed E-state index contributed by atoms with van der Waals surface area (Å²) >= 11 is 6.58. The van der Waals surface area contributed by atoms with Gasteiger partial charge in [-0.05, 0) is 100 Å². The van der Waals surface area contributed by atoms with E-state index in [9.17, 15) is 32.8 Å². The van der Waals surface area contributed by atoms with Gasteiger partial charge in [0, 0.05) is 74.3 Å². The first kappa shape index (κ1) is 46.8. The second-order valence-electron chi connectivity index (χ2n) is 17.8. The van der Waals surface area contributed by atoms with Crippen LogP contribution in [0.5, 0.6) is 5.75 Å². The predicted molar refractivity (Wildman–Crippen MR) is 245 cm³/mol. The van der Waals surface area contributed by atoms with Crippen LogP contribution in [0, 0.1) is 0 Å². The zero-order valence-corrected chi connectivity index (χ0v) is 38.1. The fraction of sp³-hybridized carbons (Fsp3) is 0.511. The number of hydrogen-bond donors (Lipinski definition) is 3. The van der Waals surface area contributed by atoms with Crippen molar-refractivity contribution in [1.29, 1.82) is 0 Å². The molecule has 4 aromatic rings. The van der Waals surface area contributed by atoms with E-state index >= 15 is 0 Å². The molecule has 66 heavy (non-hydrogen) atoms. The van der Waals surface area contributed by atoms with Gasteiger partial charge in [0.2, 0.25) is 17.8 Å². The number of carbonyl (C=O) groups is 4. The Labute approximate surface area is 386 Å². The summed E-state index contributed by atoms with van der Waals surface area (Å²) in [6, 6.07) is 11.8. The SMILES string of the molecule is CNC(=O)COc1cc2cc(Nc3nc(N4CCC(O[C@H]5C[C@H](N(CCF)CCC(CF)c6ccc7c(c6)CN(C6CCC(=O)NC6=O)C7=O)C5)CC4)ncc3Cl)ccc2n(C(C)C)c1=O. The molecule has 0 bridgehead atoms. The van der Waals surface area contributed by atoms with Gasteiger partial charge >= 0.3 is 0 Å². The number of hydrogen-bond acceptors (Lipinski definition) is 12. The number of piperidine rings is 2. The van der Waals surface area contributed by atoms with E-state index in [1.165, 1.54) is 11.9 Å². The van der Waals surface area contributed by atoms with E-state index in [-0.39, 0.29) is 85.9 Å². The number of nitrogens with zero attached hydrogens (tertiary/aromatic N) is 6. The van der Waals surface area contributed by atoms with Gasteiger partial charge in [-0.15, -0.1) is 0 Å². The maximum Gasteiger partial charge on any atom is 0.293 e. The summed E-state index contributed by atoms with van der Waals surface area (Å²) in [5, 5.41) is 9.17. The van der Waals surface area contributed by atoms with Crippen LogP contribution in [-0.4, -0.2) is 125 Å². The van der Waals surface area contributed by atoms with Crippen LogP contribution < -0.4 is 31.1 Å². The number of likely N-dealkylation sites (N-methyl/N-ethyl adjacent to an activating group) is 1. The number of ether oxygens (including phenoxy) is 2. The molecule has 1 saturated carbocycles. The van der Waals surface area contributed by atoms with Crippen LogP contribution in [0.2, 0.25) is 5.02 Å². The summed E-state index contributed by atoms with van der Waals surface area (Å²) in [4.78, 5) is 77.4. The number of amides is 4. The lowest BCUT2D eigenvalue weighted by molar-refractivity contribution is -0.137. The van der Waals surface area contributed by atoms with Crippen molar-refractivity contribution in [2.45, 2.75) is 102 Å². The van der Waals surface area contributed by atoms with Crippen LogP contribution in [0.4, 0.5) is 26.2 Å². The fourth-order valence-electron chi connectivity index (χ4n) is 9.46. The molecule has 4 aliphatic rings. The van der Waals surface area contributed by atoms with Gasteiger partial charge in [0.15, 0.2) is 18.2 Å². The number of benzene rings is 2. The molecular formula is C47H56ClF2N9O7. The van der Waals surface area contributed by atoms with Crippen LogP contribution in [0.3, 0.4) is 0 Å². The van der Waals surface area contributed by atoms with Gasteiger partial charge in [-0.2, -0.15) is 4.98 Å². The number of halogens is 3. The average molecular weight is 932 g/mol. The summed E-state index contributed by atoms with van der Waals surface area (Å²) in [6.45, 7) is 4.75. The van der Waals surface area contributed by atoms with E-state index in [0.29, 0.717) is 59.6 Å². The minimum Gasteiger partial charge on any atom is -0.478 e. The van der Waals surface area contributed by atoms with Gasteiger partial charge in [0.25, 0.3) is 17.4 Å². The molecule has 3 fully saturated rings. The van der Waals surface area contributed by atoms with Gasteiger partial charge in [0.1, 0.15) is 17.7 Å². The lowest BCUT2D eigenvalue weighted by Crippen LogP contribution is -2.52. The summed E-state index contributed by atoms with van der Waals surface area (Å²) in [5.41, 5.74) is 3.04. The third-order valence-electron chi connectivity index (χ3n) is 13.2. The first-order valence-electron chi connectivity index (χ1n) is 22.7. The van der Waals surface area contributed by atoms with Gasteiger partial charge < -0.3 is 34.5 Å². The summed E-state index contributed by atoms with van der Waals surface area (Å²) in [7, 11) is 1.50. The highest BCUT2D eigenvalue weighted by Crippen LogP contribution is 2.35. The van der Waals surface area contributed by atoms with Crippen LogP contribution in [0.15, 0.2) is 53.5 Å². The second kappa shape index (κ2) is 20.4. The van der Waals surface area contributed by atoms with Gasteiger partial charge in [-0.1, -0.05) is 23.7 Å². The summed E-state index contributed by atoms with van der Waals surface area (Å²) < 4.78 is 42.1. The monoisotopic (exact) mass is 931 g/mol. The zero-order valence-electron chi connectivity index (χ0n) is 37.4. The highest BCUT2D eigenvalue weighted by atomic mass is 35.5. The van der Waals surface area contributed by atoms with Crippen molar-refractivity contribution < 1.29 is 37.4 Å². The second-order valence-corrected chi connectivity index (χ2v) is 18.2. The minimum absolute atomic E-state index is 0.0467. The minimum atomic E-state index is -0.719. The molecule has 4 amide bonds. The summed E-state index contributed by atoms with van der Waals surface area (Å²) in [5.74, 6) is -0.862. The molecule has 2 atom stereocenters. The smallest absolute Gasteiger partial charge is 0.293 e. The summed E-state index contributed by atoms with van der Waals surface area (Å²) in [6.07, 6.45) is 5.65. The predicted octanol–water partition coefficient (Wildman–Crippen LogP) is 5.59. The van der Waals surface area contributed by atoms with Crippen molar-refractivity contribution in [1.82, 2.24) is 35.0 Å². The number of aromatic nitrogens is 3. The number of nitrogens with one attached hydrogen (secondary N) is 3. The van der Waals surface area contributed by atoms with Crippen molar-refractivity contribution in [3.8, 4) is 5.75 Å². The van der Waals surface area contributed by atoms with Gasteiger partial charge in [0.05, 0.1) is 30.6 Å². The Morgan fingerprint density at radius 2 is 1.80 bits per heavy atom. The number of fused-ring (bicyclic) bond motifs is 2. The molecule has 0 spiro atoms. The van der Waals surface area contributed by atoms with Crippen LogP contribution in [0.1, 0.15) is 92.2 Å². The number of carbonyl (C=O) groups excluding carboxylic acids is 4. The molecule has 8 rings (SSSR count). The molecule has 1 aliphatic carbocycles. The zero-order chi connectivity index (χ0) is 46.6.